The van der Waals surface area contributed by atoms with Crippen LogP contribution in [-0.4, -0.2) is 43.0 Å². The van der Waals surface area contributed by atoms with Crippen molar-refractivity contribution < 1.29 is 19.4 Å². The summed E-state index contributed by atoms with van der Waals surface area (Å²) in [5, 5.41) is 12.1. The summed E-state index contributed by atoms with van der Waals surface area (Å²) < 4.78 is 6.12. The van der Waals surface area contributed by atoms with E-state index in [4.69, 9.17) is 16.3 Å². The summed E-state index contributed by atoms with van der Waals surface area (Å²) in [5.74, 6) is -1.13. The number of aliphatic hydroxyl groups is 1. The first-order valence-electron chi connectivity index (χ1n) is 11.1. The lowest BCUT2D eigenvalue weighted by Crippen LogP contribution is -2.29. The second-order valence-corrected chi connectivity index (χ2v) is 9.94. The zero-order chi connectivity index (χ0) is 25.6. The van der Waals surface area contributed by atoms with Crippen molar-refractivity contribution in [3.05, 3.63) is 88.5 Å². The molecule has 1 aliphatic heterocycles. The van der Waals surface area contributed by atoms with Crippen molar-refractivity contribution in [2.24, 2.45) is 0 Å². The van der Waals surface area contributed by atoms with E-state index < -0.39 is 17.7 Å². The first-order chi connectivity index (χ1) is 17.3. The van der Waals surface area contributed by atoms with Gasteiger partial charge in [0.05, 0.1) is 28.9 Å². The second kappa shape index (κ2) is 9.29. The Morgan fingerprint density at radius 1 is 1.06 bits per heavy atom. The molecule has 1 atom stereocenters. The number of amides is 1. The molecule has 9 heteroatoms. The van der Waals surface area contributed by atoms with Crippen LogP contribution in [0.3, 0.4) is 0 Å². The number of carbonyl (C=O) groups is 2. The van der Waals surface area contributed by atoms with Gasteiger partial charge >= 0.3 is 5.91 Å². The highest BCUT2D eigenvalue weighted by atomic mass is 35.5. The van der Waals surface area contributed by atoms with E-state index in [0.29, 0.717) is 32.5 Å². The summed E-state index contributed by atoms with van der Waals surface area (Å²) in [7, 11) is 5.43. The van der Waals surface area contributed by atoms with Crippen LogP contribution >= 0.6 is 22.9 Å². The number of fused-ring (bicyclic) bond motifs is 1. The van der Waals surface area contributed by atoms with Crippen molar-refractivity contribution in [1.82, 2.24) is 4.98 Å². The molecule has 1 saturated heterocycles. The third-order valence-electron chi connectivity index (χ3n) is 6.08. The van der Waals surface area contributed by atoms with Crippen LogP contribution in [0.4, 0.5) is 10.8 Å². The molecule has 0 spiro atoms. The SMILES string of the molecule is COc1ccc2nc(N3C(=O)C(=O)/C(=C(/O)c4ccc(Cl)cc4)C3c3ccc(N(C)C)cc3)sc2c1. The third-order valence-corrected chi connectivity index (χ3v) is 7.35. The lowest BCUT2D eigenvalue weighted by Gasteiger charge is -2.23. The number of ketones is 1. The van der Waals surface area contributed by atoms with Crippen LogP contribution in [0.5, 0.6) is 5.75 Å². The van der Waals surface area contributed by atoms with Gasteiger partial charge in [-0.05, 0) is 60.2 Å². The molecule has 1 aromatic heterocycles. The standard InChI is InChI=1S/C27H22ClN3O4S/c1-30(2)18-10-6-15(7-11-18)23-22(24(32)16-4-8-17(28)9-5-16)25(33)26(34)31(23)27-29-20-13-12-19(35-3)14-21(20)36-27/h4-14,23,32H,1-3H3/b24-22+. The number of halogens is 1. The predicted molar refractivity (Wildman–Crippen MR) is 143 cm³/mol. The van der Waals surface area contributed by atoms with E-state index in [0.717, 1.165) is 10.4 Å². The highest BCUT2D eigenvalue weighted by Gasteiger charge is 2.48. The molecule has 7 nitrogen and oxygen atoms in total. The molecular weight excluding hydrogens is 498 g/mol. The molecule has 0 aliphatic carbocycles. The quantitative estimate of drug-likeness (QED) is 0.208. The molecular formula is C27H22ClN3O4S. The molecule has 2 heterocycles. The summed E-state index contributed by atoms with van der Waals surface area (Å²) in [6.07, 6.45) is 0. The first-order valence-corrected chi connectivity index (χ1v) is 12.3. The maximum atomic E-state index is 13.4. The molecule has 0 radical (unpaired) electrons. The van der Waals surface area contributed by atoms with Crippen LogP contribution in [-0.2, 0) is 9.59 Å². The Bertz CT molecular complexity index is 1510. The Labute approximate surface area is 216 Å². The van der Waals surface area contributed by atoms with Gasteiger partial charge in [-0.2, -0.15) is 0 Å². The summed E-state index contributed by atoms with van der Waals surface area (Å²) in [6.45, 7) is 0. The fraction of sp³-hybridized carbons (Fsp3) is 0.148. The van der Waals surface area contributed by atoms with Crippen LogP contribution in [0.1, 0.15) is 17.2 Å². The van der Waals surface area contributed by atoms with Gasteiger partial charge in [-0.15, -0.1) is 0 Å². The van der Waals surface area contributed by atoms with Crippen molar-refractivity contribution in [2.45, 2.75) is 6.04 Å². The Kier molecular flexibility index (Phi) is 6.15. The summed E-state index contributed by atoms with van der Waals surface area (Å²) >= 11 is 7.29. The summed E-state index contributed by atoms with van der Waals surface area (Å²) in [5.41, 5.74) is 2.70. The monoisotopic (exact) mass is 519 g/mol. The first kappa shape index (κ1) is 23.8. The Hall–Kier alpha value is -3.88. The van der Waals surface area contributed by atoms with Gasteiger partial charge in [0.2, 0.25) is 0 Å². The fourth-order valence-electron chi connectivity index (χ4n) is 4.19. The van der Waals surface area contributed by atoms with Crippen molar-refractivity contribution in [1.29, 1.82) is 0 Å². The number of carbonyl (C=O) groups excluding carboxylic acids is 2. The summed E-state index contributed by atoms with van der Waals surface area (Å²) in [4.78, 5) is 34.7. The lowest BCUT2D eigenvalue weighted by atomic mass is 9.95. The minimum atomic E-state index is -0.862. The largest absolute Gasteiger partial charge is 0.507 e. The van der Waals surface area contributed by atoms with Gasteiger partial charge in [-0.25, -0.2) is 4.98 Å². The second-order valence-electron chi connectivity index (χ2n) is 8.49. The normalized spacial score (nSPS) is 17.1. The van der Waals surface area contributed by atoms with Gasteiger partial charge in [0.15, 0.2) is 5.13 Å². The molecule has 3 aromatic carbocycles. The highest BCUT2D eigenvalue weighted by molar-refractivity contribution is 7.22. The van der Waals surface area contributed by atoms with Crippen molar-refractivity contribution >= 4 is 61.4 Å². The Morgan fingerprint density at radius 3 is 2.39 bits per heavy atom. The van der Waals surface area contributed by atoms with Crippen LogP contribution in [0.15, 0.2) is 72.3 Å². The number of rotatable bonds is 5. The number of benzene rings is 3. The molecule has 0 saturated carbocycles. The van der Waals surface area contributed by atoms with E-state index in [1.165, 1.54) is 16.2 Å². The van der Waals surface area contributed by atoms with Crippen LogP contribution in [0.2, 0.25) is 5.02 Å². The number of thiazole rings is 1. The van der Waals surface area contributed by atoms with Crippen molar-refractivity contribution in [3.8, 4) is 5.75 Å². The Balaban J connectivity index is 1.70. The van der Waals surface area contributed by atoms with E-state index >= 15 is 0 Å². The number of aliphatic hydroxyl groups excluding tert-OH is 1. The maximum Gasteiger partial charge on any atom is 0.301 e. The number of ether oxygens (including phenoxy) is 1. The number of methoxy groups -OCH3 is 1. The van der Waals surface area contributed by atoms with Gasteiger partial charge in [-0.3, -0.25) is 14.5 Å². The maximum absolute atomic E-state index is 13.4. The number of nitrogens with zero attached hydrogens (tertiary/aromatic N) is 3. The molecule has 182 valence electrons. The molecule has 1 amide bonds. The zero-order valence-corrected chi connectivity index (χ0v) is 21.3. The van der Waals surface area contributed by atoms with Gasteiger partial charge in [0, 0.05) is 30.4 Å². The number of anilines is 2. The van der Waals surface area contributed by atoms with E-state index in [-0.39, 0.29) is 11.3 Å². The third kappa shape index (κ3) is 4.08. The Morgan fingerprint density at radius 2 is 1.75 bits per heavy atom. The van der Waals surface area contributed by atoms with Crippen LogP contribution in [0.25, 0.3) is 16.0 Å². The molecule has 1 unspecified atom stereocenters. The van der Waals surface area contributed by atoms with Crippen LogP contribution in [0, 0.1) is 0 Å². The summed E-state index contributed by atoms with van der Waals surface area (Å²) in [6, 6.07) is 18.5. The zero-order valence-electron chi connectivity index (χ0n) is 19.7. The van der Waals surface area contributed by atoms with E-state index in [2.05, 4.69) is 4.98 Å². The van der Waals surface area contributed by atoms with Gasteiger partial charge in [-0.1, -0.05) is 35.1 Å². The number of aromatic nitrogens is 1. The molecule has 0 bridgehead atoms. The van der Waals surface area contributed by atoms with E-state index in [1.54, 1.807) is 43.5 Å². The van der Waals surface area contributed by atoms with E-state index in [1.807, 2.05) is 49.3 Å². The molecule has 5 rings (SSSR count). The average molecular weight is 520 g/mol. The fourth-order valence-corrected chi connectivity index (χ4v) is 5.33. The molecule has 4 aromatic rings. The minimum Gasteiger partial charge on any atom is -0.507 e. The minimum absolute atomic E-state index is 0.00300. The molecule has 36 heavy (non-hydrogen) atoms. The van der Waals surface area contributed by atoms with Crippen LogP contribution < -0.4 is 14.5 Å². The number of hydrogen-bond donors (Lipinski definition) is 1. The van der Waals surface area contributed by atoms with E-state index in [9.17, 15) is 14.7 Å². The number of Topliss-reactive ketones (excluding diaryl/α,β-unsaturated/α-hetero) is 1. The number of hydrogen-bond acceptors (Lipinski definition) is 7. The smallest absolute Gasteiger partial charge is 0.301 e. The average Bonchev–Trinajstić information content (AvgIpc) is 3.41. The molecule has 1 aliphatic rings. The van der Waals surface area contributed by atoms with Gasteiger partial charge < -0.3 is 14.7 Å². The van der Waals surface area contributed by atoms with Crippen molar-refractivity contribution in [3.63, 3.8) is 0 Å². The van der Waals surface area contributed by atoms with Crippen molar-refractivity contribution in [2.75, 3.05) is 31.0 Å². The molecule has 1 N–H and O–H groups in total. The van der Waals surface area contributed by atoms with Gasteiger partial charge in [0.25, 0.3) is 5.78 Å². The molecule has 1 fully saturated rings. The topological polar surface area (TPSA) is 83.0 Å². The van der Waals surface area contributed by atoms with Gasteiger partial charge in [0.1, 0.15) is 11.5 Å². The highest BCUT2D eigenvalue weighted by Crippen LogP contribution is 2.45. The lowest BCUT2D eigenvalue weighted by molar-refractivity contribution is -0.132. The predicted octanol–water partition coefficient (Wildman–Crippen LogP) is 5.65.